The summed E-state index contributed by atoms with van der Waals surface area (Å²) in [6.45, 7) is 20.1. The van der Waals surface area contributed by atoms with Crippen molar-refractivity contribution >= 4 is 44.1 Å². The normalized spacial score (nSPS) is 13.7. The zero-order valence-electron chi connectivity index (χ0n) is 29.0. The van der Waals surface area contributed by atoms with Crippen LogP contribution < -0.4 is 4.74 Å². The Morgan fingerprint density at radius 3 is 2.26 bits per heavy atom. The minimum atomic E-state index is -1.33. The molecule has 11 heteroatoms. The standard InChI is InChI=1S/C35H50N4O5Si2/c1-25-20-30(42-3)32(27-13-15-38(33(25)27)23-43-16-18-45(4,5)6)35(2,14-12-31(40)41)34-37-28-11-10-26(22-36)21-29(28)39(34)24-44-17-19-46(7,8)9/h10-11,13,15,20-21H,12,14,16-19,23-24H2,1-9H3,(H,40,41). The van der Waals surface area contributed by atoms with E-state index >= 15 is 0 Å². The van der Waals surface area contributed by atoms with Crippen LogP contribution in [0.1, 0.15) is 42.3 Å². The van der Waals surface area contributed by atoms with Gasteiger partial charge in [-0.3, -0.25) is 4.79 Å². The maximum atomic E-state index is 12.1. The fourth-order valence-electron chi connectivity index (χ4n) is 5.95. The van der Waals surface area contributed by atoms with Gasteiger partial charge in [-0.25, -0.2) is 4.98 Å². The first-order chi connectivity index (χ1) is 21.6. The van der Waals surface area contributed by atoms with Gasteiger partial charge in [0.25, 0.3) is 0 Å². The molecule has 1 atom stereocenters. The van der Waals surface area contributed by atoms with E-state index in [4.69, 9.17) is 19.2 Å². The average molecular weight is 663 g/mol. The van der Waals surface area contributed by atoms with E-state index in [-0.39, 0.29) is 19.6 Å². The molecule has 0 saturated heterocycles. The minimum Gasteiger partial charge on any atom is -0.496 e. The number of aryl methyl sites for hydroxylation is 1. The Balaban J connectivity index is 1.91. The summed E-state index contributed by atoms with van der Waals surface area (Å²) >= 11 is 0. The van der Waals surface area contributed by atoms with E-state index in [1.54, 1.807) is 13.2 Å². The molecule has 1 N–H and O–H groups in total. The van der Waals surface area contributed by atoms with Gasteiger partial charge in [0.15, 0.2) is 0 Å². The Morgan fingerprint density at radius 1 is 1.02 bits per heavy atom. The number of carboxylic acids is 1. The number of hydrogen-bond donors (Lipinski definition) is 1. The zero-order valence-corrected chi connectivity index (χ0v) is 31.0. The Kier molecular flexibility index (Phi) is 10.9. The van der Waals surface area contributed by atoms with Crippen LogP contribution in [-0.2, 0) is 33.1 Å². The predicted octanol–water partition coefficient (Wildman–Crippen LogP) is 7.98. The van der Waals surface area contributed by atoms with E-state index in [1.165, 1.54) is 0 Å². The molecule has 0 aliphatic rings. The lowest BCUT2D eigenvalue weighted by molar-refractivity contribution is -0.137. The van der Waals surface area contributed by atoms with Crippen molar-refractivity contribution in [2.45, 2.75) is 96.9 Å². The molecule has 0 radical (unpaired) electrons. The van der Waals surface area contributed by atoms with Gasteiger partial charge in [-0.2, -0.15) is 5.26 Å². The van der Waals surface area contributed by atoms with Gasteiger partial charge in [-0.1, -0.05) is 39.3 Å². The second kappa shape index (κ2) is 14.1. The summed E-state index contributed by atoms with van der Waals surface area (Å²) in [4.78, 5) is 17.3. The van der Waals surface area contributed by atoms with Crippen LogP contribution in [0, 0.1) is 18.3 Å². The zero-order chi connectivity index (χ0) is 33.9. The summed E-state index contributed by atoms with van der Waals surface area (Å²) in [6, 6.07) is 13.9. The van der Waals surface area contributed by atoms with Gasteiger partial charge in [0.2, 0.25) is 0 Å². The Hall–Kier alpha value is -3.44. The molecule has 9 nitrogen and oxygen atoms in total. The highest BCUT2D eigenvalue weighted by Gasteiger charge is 2.40. The lowest BCUT2D eigenvalue weighted by atomic mass is 9.75. The summed E-state index contributed by atoms with van der Waals surface area (Å²) in [5.41, 5.74) is 4.06. The van der Waals surface area contributed by atoms with Crippen molar-refractivity contribution in [1.29, 1.82) is 5.26 Å². The van der Waals surface area contributed by atoms with Crippen LogP contribution in [0.3, 0.4) is 0 Å². The highest BCUT2D eigenvalue weighted by molar-refractivity contribution is 6.76. The summed E-state index contributed by atoms with van der Waals surface area (Å²) < 4.78 is 22.6. The Bertz CT molecular complexity index is 1740. The van der Waals surface area contributed by atoms with Crippen LogP contribution in [0.4, 0.5) is 0 Å². The third kappa shape index (κ3) is 8.10. The van der Waals surface area contributed by atoms with Crippen molar-refractivity contribution in [3.05, 3.63) is 59.0 Å². The van der Waals surface area contributed by atoms with Gasteiger partial charge in [0, 0.05) is 52.9 Å². The SMILES string of the molecule is COc1cc(C)c2c(ccn2COCC[Si](C)(C)C)c1C(C)(CCC(=O)O)c1nc2ccc(C#N)cc2n1COCC[Si](C)(C)C. The van der Waals surface area contributed by atoms with Gasteiger partial charge in [-0.05, 0) is 68.3 Å². The number of aromatic nitrogens is 3. The van der Waals surface area contributed by atoms with Crippen LogP contribution in [-0.4, -0.2) is 61.7 Å². The van der Waals surface area contributed by atoms with Gasteiger partial charge >= 0.3 is 5.97 Å². The molecule has 0 aliphatic heterocycles. The first-order valence-electron chi connectivity index (χ1n) is 16.0. The summed E-state index contributed by atoms with van der Waals surface area (Å²) in [5, 5.41) is 20.6. The average Bonchev–Trinajstić information content (AvgIpc) is 3.57. The third-order valence-electron chi connectivity index (χ3n) is 8.63. The highest BCUT2D eigenvalue weighted by Crippen LogP contribution is 2.46. The molecule has 2 aromatic carbocycles. The predicted molar refractivity (Wildman–Crippen MR) is 189 cm³/mol. The fraction of sp³-hybridized carbons (Fsp3) is 0.514. The molecule has 1 unspecified atom stereocenters. The minimum absolute atomic E-state index is 0.0708. The number of nitriles is 1. The number of imidazole rings is 1. The lowest BCUT2D eigenvalue weighted by Gasteiger charge is -2.32. The van der Waals surface area contributed by atoms with E-state index in [0.29, 0.717) is 37.1 Å². The maximum Gasteiger partial charge on any atom is 0.303 e. The van der Waals surface area contributed by atoms with Crippen molar-refractivity contribution in [3.63, 3.8) is 0 Å². The van der Waals surface area contributed by atoms with Crippen molar-refractivity contribution in [2.24, 2.45) is 0 Å². The number of fused-ring (bicyclic) bond motifs is 2. The Morgan fingerprint density at radius 2 is 1.67 bits per heavy atom. The van der Waals surface area contributed by atoms with Crippen LogP contribution in [0.25, 0.3) is 21.9 Å². The molecule has 0 bridgehead atoms. The monoisotopic (exact) mass is 662 g/mol. The molecule has 46 heavy (non-hydrogen) atoms. The number of rotatable bonds is 16. The number of ether oxygens (including phenoxy) is 3. The smallest absolute Gasteiger partial charge is 0.303 e. The van der Waals surface area contributed by atoms with E-state index in [0.717, 1.165) is 45.2 Å². The maximum absolute atomic E-state index is 12.1. The van der Waals surface area contributed by atoms with Crippen LogP contribution >= 0.6 is 0 Å². The first-order valence-corrected chi connectivity index (χ1v) is 23.4. The molecule has 4 aromatic rings. The highest BCUT2D eigenvalue weighted by atomic mass is 28.3. The summed E-state index contributed by atoms with van der Waals surface area (Å²) in [5.74, 6) is 0.462. The number of aliphatic carboxylic acids is 1. The largest absolute Gasteiger partial charge is 0.496 e. The van der Waals surface area contributed by atoms with Gasteiger partial charge in [0.05, 0.1) is 40.7 Å². The lowest BCUT2D eigenvalue weighted by Crippen LogP contribution is -2.31. The summed E-state index contributed by atoms with van der Waals surface area (Å²) in [6.07, 6.45) is 2.24. The molecule has 0 saturated carbocycles. The molecular formula is C35H50N4O5Si2. The van der Waals surface area contributed by atoms with Crippen molar-refractivity contribution < 1.29 is 24.1 Å². The van der Waals surface area contributed by atoms with E-state index in [1.807, 2.05) is 29.0 Å². The van der Waals surface area contributed by atoms with E-state index in [9.17, 15) is 15.2 Å². The molecule has 4 rings (SSSR count). The number of hydrogen-bond acceptors (Lipinski definition) is 6. The van der Waals surface area contributed by atoms with Gasteiger partial charge < -0.3 is 28.5 Å². The first kappa shape index (κ1) is 35.4. The molecule has 248 valence electrons. The number of benzene rings is 2. The molecule has 0 spiro atoms. The van der Waals surface area contributed by atoms with Crippen LogP contribution in [0.15, 0.2) is 36.5 Å². The molecule has 2 aromatic heterocycles. The van der Waals surface area contributed by atoms with Crippen molar-refractivity contribution in [1.82, 2.24) is 14.1 Å². The number of carbonyl (C=O) groups is 1. The van der Waals surface area contributed by atoms with E-state index in [2.05, 4.69) is 69.8 Å². The van der Waals surface area contributed by atoms with Crippen molar-refractivity contribution in [3.8, 4) is 11.8 Å². The number of carboxylic acid groups (broad SMARTS) is 1. The Labute approximate surface area is 275 Å². The molecule has 0 amide bonds. The second-order valence-electron chi connectivity index (χ2n) is 14.9. The van der Waals surface area contributed by atoms with Gasteiger partial charge in [0.1, 0.15) is 25.0 Å². The van der Waals surface area contributed by atoms with Gasteiger partial charge in [-0.15, -0.1) is 0 Å². The quantitative estimate of drug-likeness (QED) is 0.0957. The van der Waals surface area contributed by atoms with E-state index < -0.39 is 27.5 Å². The van der Waals surface area contributed by atoms with Crippen LogP contribution in [0.2, 0.25) is 51.4 Å². The topological polar surface area (TPSA) is 112 Å². The molecule has 0 aliphatic carbocycles. The number of methoxy groups -OCH3 is 1. The number of nitrogens with zero attached hydrogens (tertiary/aromatic N) is 4. The third-order valence-corrected chi connectivity index (χ3v) is 12.0. The van der Waals surface area contributed by atoms with Crippen molar-refractivity contribution in [2.75, 3.05) is 20.3 Å². The molecular weight excluding hydrogens is 613 g/mol. The molecule has 2 heterocycles. The fourth-order valence-corrected chi connectivity index (χ4v) is 7.46. The second-order valence-corrected chi connectivity index (χ2v) is 26.2. The summed E-state index contributed by atoms with van der Waals surface area (Å²) in [7, 11) is -0.904. The molecule has 0 fully saturated rings. The van der Waals surface area contributed by atoms with Crippen LogP contribution in [0.5, 0.6) is 5.75 Å².